The molecule has 0 aliphatic heterocycles. The molecule has 5 nitrogen and oxygen atoms in total. The Kier molecular flexibility index (Phi) is 3.51. The number of benzene rings is 2. The van der Waals surface area contributed by atoms with Gasteiger partial charge < -0.3 is 15.0 Å². The lowest BCUT2D eigenvalue weighted by atomic mass is 10.2. The molecular weight excluding hydrogens is 273 g/mol. The van der Waals surface area contributed by atoms with Crippen LogP contribution in [-0.2, 0) is 6.61 Å². The van der Waals surface area contributed by atoms with Crippen LogP contribution in [0.2, 0.25) is 0 Å². The Bertz CT molecular complexity index is 723. The molecular formula is C15H12FN3O2. The molecule has 0 fully saturated rings. The summed E-state index contributed by atoms with van der Waals surface area (Å²) in [5, 5.41) is 3.83. The number of hydrogen-bond donors (Lipinski definition) is 1. The van der Waals surface area contributed by atoms with E-state index in [1.807, 2.05) is 0 Å². The molecule has 1 aromatic heterocycles. The summed E-state index contributed by atoms with van der Waals surface area (Å²) in [4.78, 5) is 4.19. The fraction of sp³-hybridized carbons (Fsp3) is 0.0667. The van der Waals surface area contributed by atoms with Crippen molar-refractivity contribution < 1.29 is 13.7 Å². The van der Waals surface area contributed by atoms with Crippen LogP contribution in [0.5, 0.6) is 5.75 Å². The van der Waals surface area contributed by atoms with Crippen molar-refractivity contribution in [3.63, 3.8) is 0 Å². The summed E-state index contributed by atoms with van der Waals surface area (Å²) in [7, 11) is 0. The summed E-state index contributed by atoms with van der Waals surface area (Å²) in [6, 6.07) is 12.9. The Hall–Kier alpha value is -2.89. The molecule has 0 amide bonds. The molecule has 0 saturated heterocycles. The van der Waals surface area contributed by atoms with Gasteiger partial charge in [0.1, 0.15) is 11.6 Å². The minimum absolute atomic E-state index is 0.151. The van der Waals surface area contributed by atoms with Gasteiger partial charge in [0.25, 0.3) is 5.89 Å². The molecule has 3 aromatic rings. The van der Waals surface area contributed by atoms with E-state index in [-0.39, 0.29) is 12.4 Å². The summed E-state index contributed by atoms with van der Waals surface area (Å²) < 4.78 is 23.4. The largest absolute Gasteiger partial charge is 0.484 e. The number of hydrogen-bond acceptors (Lipinski definition) is 5. The van der Waals surface area contributed by atoms with E-state index in [0.29, 0.717) is 28.7 Å². The van der Waals surface area contributed by atoms with Crippen molar-refractivity contribution in [3.05, 3.63) is 60.2 Å². The maximum absolute atomic E-state index is 12.9. The number of anilines is 1. The van der Waals surface area contributed by atoms with E-state index in [2.05, 4.69) is 10.1 Å². The van der Waals surface area contributed by atoms with E-state index in [1.165, 1.54) is 12.1 Å². The van der Waals surface area contributed by atoms with Gasteiger partial charge in [-0.1, -0.05) is 5.16 Å². The molecule has 0 atom stereocenters. The smallest absolute Gasteiger partial charge is 0.264 e. The molecule has 3 rings (SSSR count). The maximum Gasteiger partial charge on any atom is 0.264 e. The van der Waals surface area contributed by atoms with Gasteiger partial charge in [-0.2, -0.15) is 4.98 Å². The van der Waals surface area contributed by atoms with E-state index >= 15 is 0 Å². The number of rotatable bonds is 4. The second-order valence-corrected chi connectivity index (χ2v) is 4.38. The van der Waals surface area contributed by atoms with Gasteiger partial charge in [0.05, 0.1) is 0 Å². The van der Waals surface area contributed by atoms with E-state index in [0.717, 1.165) is 0 Å². The van der Waals surface area contributed by atoms with Gasteiger partial charge in [0, 0.05) is 11.3 Å². The predicted octanol–water partition coefficient (Wildman–Crippen LogP) is 3.04. The Morgan fingerprint density at radius 3 is 2.48 bits per heavy atom. The second kappa shape index (κ2) is 5.62. The normalized spacial score (nSPS) is 10.5. The van der Waals surface area contributed by atoms with Crippen LogP contribution in [0, 0.1) is 5.82 Å². The molecule has 0 aliphatic carbocycles. The lowest BCUT2D eigenvalue weighted by Crippen LogP contribution is -1.96. The van der Waals surface area contributed by atoms with Crippen LogP contribution in [0.3, 0.4) is 0 Å². The third kappa shape index (κ3) is 3.17. The fourth-order valence-electron chi connectivity index (χ4n) is 1.74. The second-order valence-electron chi connectivity index (χ2n) is 4.38. The highest BCUT2D eigenvalue weighted by Crippen LogP contribution is 2.18. The molecule has 0 bridgehead atoms. The summed E-state index contributed by atoms with van der Waals surface area (Å²) >= 11 is 0. The van der Waals surface area contributed by atoms with Gasteiger partial charge in [0.2, 0.25) is 5.82 Å². The van der Waals surface area contributed by atoms with Crippen LogP contribution in [0.4, 0.5) is 10.1 Å². The average molecular weight is 285 g/mol. The summed E-state index contributed by atoms with van der Waals surface area (Å²) in [5.74, 6) is 1.08. The number of nitrogens with zero attached hydrogens (tertiary/aromatic N) is 2. The Morgan fingerprint density at radius 2 is 1.76 bits per heavy atom. The van der Waals surface area contributed by atoms with Crippen LogP contribution in [0.1, 0.15) is 5.89 Å². The highest BCUT2D eigenvalue weighted by Gasteiger charge is 2.09. The molecule has 2 aromatic carbocycles. The first kappa shape index (κ1) is 13.1. The molecule has 0 unspecified atom stereocenters. The zero-order valence-electron chi connectivity index (χ0n) is 11.0. The quantitative estimate of drug-likeness (QED) is 0.746. The molecule has 0 saturated carbocycles. The van der Waals surface area contributed by atoms with Crippen molar-refractivity contribution >= 4 is 5.69 Å². The first-order valence-electron chi connectivity index (χ1n) is 6.27. The Morgan fingerprint density at radius 1 is 1.05 bits per heavy atom. The van der Waals surface area contributed by atoms with Crippen molar-refractivity contribution in [2.24, 2.45) is 0 Å². The SMILES string of the molecule is Nc1ccc(OCc2nc(-c3ccc(F)cc3)no2)cc1. The Balaban J connectivity index is 1.67. The fourth-order valence-corrected chi connectivity index (χ4v) is 1.74. The van der Waals surface area contributed by atoms with Crippen LogP contribution >= 0.6 is 0 Å². The van der Waals surface area contributed by atoms with Crippen LogP contribution in [0.25, 0.3) is 11.4 Å². The minimum atomic E-state index is -0.311. The van der Waals surface area contributed by atoms with Gasteiger partial charge in [-0.05, 0) is 48.5 Å². The molecule has 6 heteroatoms. The molecule has 106 valence electrons. The highest BCUT2D eigenvalue weighted by atomic mass is 19.1. The zero-order valence-corrected chi connectivity index (χ0v) is 11.0. The van der Waals surface area contributed by atoms with Crippen LogP contribution in [0.15, 0.2) is 53.1 Å². The van der Waals surface area contributed by atoms with E-state index in [1.54, 1.807) is 36.4 Å². The lowest BCUT2D eigenvalue weighted by Gasteiger charge is -2.02. The van der Waals surface area contributed by atoms with Crippen molar-refractivity contribution in [2.45, 2.75) is 6.61 Å². The Labute approximate surface area is 120 Å². The molecule has 2 N–H and O–H groups in total. The van der Waals surface area contributed by atoms with Gasteiger partial charge in [-0.25, -0.2) is 4.39 Å². The van der Waals surface area contributed by atoms with E-state index in [9.17, 15) is 4.39 Å². The standard InChI is InChI=1S/C15H12FN3O2/c16-11-3-1-10(2-4-11)15-18-14(21-19-15)9-20-13-7-5-12(17)6-8-13/h1-8H,9,17H2. The number of halogens is 1. The molecule has 0 aliphatic rings. The van der Waals surface area contributed by atoms with Gasteiger partial charge >= 0.3 is 0 Å². The summed E-state index contributed by atoms with van der Waals surface area (Å²) in [6.07, 6.45) is 0. The number of nitrogens with two attached hydrogens (primary N) is 1. The topological polar surface area (TPSA) is 74.2 Å². The third-order valence-electron chi connectivity index (χ3n) is 2.81. The number of aromatic nitrogens is 2. The summed E-state index contributed by atoms with van der Waals surface area (Å²) in [5.41, 5.74) is 6.93. The number of nitrogen functional groups attached to an aromatic ring is 1. The lowest BCUT2D eigenvalue weighted by molar-refractivity contribution is 0.243. The molecule has 1 heterocycles. The van der Waals surface area contributed by atoms with Crippen LogP contribution < -0.4 is 10.5 Å². The minimum Gasteiger partial charge on any atom is -0.484 e. The molecule has 21 heavy (non-hydrogen) atoms. The molecule has 0 spiro atoms. The third-order valence-corrected chi connectivity index (χ3v) is 2.81. The first-order chi connectivity index (χ1) is 10.2. The van der Waals surface area contributed by atoms with Crippen LogP contribution in [-0.4, -0.2) is 10.1 Å². The first-order valence-corrected chi connectivity index (χ1v) is 6.27. The summed E-state index contributed by atoms with van der Waals surface area (Å²) in [6.45, 7) is 0.151. The maximum atomic E-state index is 12.9. The van der Waals surface area contributed by atoms with Crippen molar-refractivity contribution in [3.8, 4) is 17.1 Å². The van der Waals surface area contributed by atoms with Gasteiger partial charge in [-0.15, -0.1) is 0 Å². The van der Waals surface area contributed by atoms with Gasteiger partial charge in [0.15, 0.2) is 6.61 Å². The van der Waals surface area contributed by atoms with Crippen molar-refractivity contribution in [1.29, 1.82) is 0 Å². The monoisotopic (exact) mass is 285 g/mol. The molecule has 0 radical (unpaired) electrons. The highest BCUT2D eigenvalue weighted by molar-refractivity contribution is 5.53. The zero-order chi connectivity index (χ0) is 14.7. The predicted molar refractivity (Wildman–Crippen MR) is 74.9 cm³/mol. The average Bonchev–Trinajstić information content (AvgIpc) is 2.96. The number of ether oxygens (including phenoxy) is 1. The van der Waals surface area contributed by atoms with Crippen molar-refractivity contribution in [1.82, 2.24) is 10.1 Å². The van der Waals surface area contributed by atoms with E-state index in [4.69, 9.17) is 15.0 Å². The van der Waals surface area contributed by atoms with Gasteiger partial charge in [-0.3, -0.25) is 0 Å². The van der Waals surface area contributed by atoms with Crippen molar-refractivity contribution in [2.75, 3.05) is 5.73 Å². The van der Waals surface area contributed by atoms with E-state index < -0.39 is 0 Å².